The lowest BCUT2D eigenvalue weighted by atomic mass is 9.82. The largest absolute Gasteiger partial charge is 0.481 e. The van der Waals surface area contributed by atoms with Gasteiger partial charge in [-0.25, -0.2) is 15.0 Å². The lowest BCUT2D eigenvalue weighted by molar-refractivity contribution is -0.143. The minimum atomic E-state index is -4.76. The molecule has 4 aromatic rings. The van der Waals surface area contributed by atoms with Crippen LogP contribution in [0.2, 0.25) is 5.02 Å². The lowest BCUT2D eigenvalue weighted by Crippen LogP contribution is -2.35. The molecule has 9 nitrogen and oxygen atoms in total. The number of ether oxygens (including phenoxy) is 2. The van der Waals surface area contributed by atoms with Gasteiger partial charge in [0.2, 0.25) is 11.8 Å². The number of aromatic nitrogens is 3. The van der Waals surface area contributed by atoms with E-state index in [-0.39, 0.29) is 48.6 Å². The van der Waals surface area contributed by atoms with Crippen LogP contribution in [0.5, 0.6) is 11.8 Å². The van der Waals surface area contributed by atoms with Crippen LogP contribution in [0.3, 0.4) is 0 Å². The second-order valence-electron chi connectivity index (χ2n) is 13.7. The number of aliphatic carboxylic acids is 1. The van der Waals surface area contributed by atoms with E-state index in [0.717, 1.165) is 52.8 Å². The predicted molar refractivity (Wildman–Crippen MR) is 191 cm³/mol. The normalized spacial score (nSPS) is 18.8. The fourth-order valence-corrected chi connectivity index (χ4v) is 7.57. The number of rotatable bonds is 14. The number of hydrogen-bond donors (Lipinski definition) is 3. The highest BCUT2D eigenvalue weighted by Gasteiger charge is 2.39. The fourth-order valence-electron chi connectivity index (χ4n) is 7.24. The van der Waals surface area contributed by atoms with Crippen LogP contribution in [0.1, 0.15) is 72.3 Å². The van der Waals surface area contributed by atoms with Crippen LogP contribution in [-0.2, 0) is 36.8 Å². The van der Waals surface area contributed by atoms with Crippen molar-refractivity contribution in [2.24, 2.45) is 11.8 Å². The van der Waals surface area contributed by atoms with Crippen LogP contribution in [0.25, 0.3) is 22.4 Å². The van der Waals surface area contributed by atoms with Crippen molar-refractivity contribution in [3.8, 4) is 34.1 Å². The molecule has 2 heterocycles. The molecule has 2 atom stereocenters. The number of carboxylic acids is 1. The summed E-state index contributed by atoms with van der Waals surface area (Å²) in [6.07, 6.45) is -1.98. The predicted octanol–water partition coefficient (Wildman–Crippen LogP) is 7.68. The van der Waals surface area contributed by atoms with Crippen LogP contribution in [0, 0.1) is 11.8 Å². The number of hydrogen-bond acceptors (Lipinski definition) is 8. The molecule has 0 spiro atoms. The van der Waals surface area contributed by atoms with E-state index in [2.05, 4.69) is 15.3 Å². The second-order valence-corrected chi connectivity index (χ2v) is 14.1. The number of fused-ring (bicyclic) bond motifs is 1. The topological polar surface area (TPSA) is 127 Å². The smallest absolute Gasteiger partial charge is 0.435 e. The maximum absolute atomic E-state index is 14.4. The number of aryl methyl sites for hydroxylation is 1. The van der Waals surface area contributed by atoms with Gasteiger partial charge in [-0.3, -0.25) is 4.79 Å². The van der Waals surface area contributed by atoms with Crippen LogP contribution in [0.4, 0.5) is 13.2 Å². The quantitative estimate of drug-likeness (QED) is 0.119. The minimum Gasteiger partial charge on any atom is -0.481 e. The van der Waals surface area contributed by atoms with Crippen LogP contribution < -0.4 is 14.8 Å². The highest BCUT2D eigenvalue weighted by molar-refractivity contribution is 6.36. The molecule has 13 heteroatoms. The Morgan fingerprint density at radius 1 is 0.981 bits per heavy atom. The number of carbonyl (C=O) groups is 1. The molecule has 2 aromatic carbocycles. The summed E-state index contributed by atoms with van der Waals surface area (Å²) in [6, 6.07) is 15.4. The Morgan fingerprint density at radius 2 is 1.69 bits per heavy atom. The molecule has 276 valence electrons. The first-order valence-corrected chi connectivity index (χ1v) is 17.8. The van der Waals surface area contributed by atoms with Crippen molar-refractivity contribution in [3.05, 3.63) is 87.3 Å². The molecule has 0 bridgehead atoms. The first-order chi connectivity index (χ1) is 24.9. The molecule has 0 aliphatic heterocycles. The number of benzene rings is 2. The van der Waals surface area contributed by atoms with Crippen molar-refractivity contribution in [1.29, 1.82) is 0 Å². The zero-order valence-corrected chi connectivity index (χ0v) is 30.0. The highest BCUT2D eigenvalue weighted by atomic mass is 35.5. The number of nitrogens with zero attached hydrogens (tertiary/aromatic N) is 3. The molecule has 1 fully saturated rings. The SMILES string of the molecule is COc1nc(-c2cccc(-c3cccc4c3CC[C@@H]4Cc3nc(OC)c(CC[C@@H](C)C(=O)O)nc3C(F)(F)F)c2Cl)ccc1CNCC1CC(O)C1. The third kappa shape index (κ3) is 8.04. The van der Waals surface area contributed by atoms with Crippen LogP contribution in [-0.4, -0.2) is 58.0 Å². The van der Waals surface area contributed by atoms with E-state index in [1.165, 1.54) is 14.0 Å². The summed E-state index contributed by atoms with van der Waals surface area (Å²) < 4.78 is 54.1. The third-order valence-corrected chi connectivity index (χ3v) is 10.6. The van der Waals surface area contributed by atoms with E-state index < -0.39 is 23.8 Å². The zero-order chi connectivity index (χ0) is 37.2. The molecule has 0 saturated heterocycles. The van der Waals surface area contributed by atoms with Crippen LogP contribution in [0.15, 0.2) is 48.5 Å². The molecule has 0 unspecified atom stereocenters. The van der Waals surface area contributed by atoms with Crippen molar-refractivity contribution in [3.63, 3.8) is 0 Å². The van der Waals surface area contributed by atoms with E-state index in [1.54, 1.807) is 7.11 Å². The number of methoxy groups -OCH3 is 2. The van der Waals surface area contributed by atoms with Crippen molar-refractivity contribution < 1.29 is 37.7 Å². The molecular formula is C39H42ClF3N4O5. The average molecular weight is 739 g/mol. The number of aliphatic hydroxyl groups excluding tert-OH is 1. The summed E-state index contributed by atoms with van der Waals surface area (Å²) in [5.41, 5.74) is 4.63. The molecule has 0 radical (unpaired) electrons. The van der Waals surface area contributed by atoms with E-state index in [1.807, 2.05) is 48.5 Å². The van der Waals surface area contributed by atoms with Crippen LogP contribution >= 0.6 is 11.6 Å². The first kappa shape index (κ1) is 37.5. The number of pyridine rings is 1. The van der Waals surface area contributed by atoms with Gasteiger partial charge in [0, 0.05) is 23.2 Å². The summed E-state index contributed by atoms with van der Waals surface area (Å²) in [5, 5.41) is 22.7. The van der Waals surface area contributed by atoms with Gasteiger partial charge < -0.3 is 25.0 Å². The molecule has 2 aliphatic rings. The van der Waals surface area contributed by atoms with Crippen molar-refractivity contribution in [2.45, 2.75) is 76.6 Å². The number of nitrogens with one attached hydrogen (secondary N) is 1. The van der Waals surface area contributed by atoms with Gasteiger partial charge in [-0.2, -0.15) is 13.2 Å². The van der Waals surface area contributed by atoms with Gasteiger partial charge in [0.25, 0.3) is 0 Å². The van der Waals surface area contributed by atoms with Gasteiger partial charge in [0.1, 0.15) is 5.69 Å². The molecule has 52 heavy (non-hydrogen) atoms. The third-order valence-electron chi connectivity index (χ3n) is 10.2. The number of alkyl halides is 3. The fraction of sp³-hybridized carbons (Fsp3) is 0.436. The van der Waals surface area contributed by atoms with Gasteiger partial charge in [-0.1, -0.05) is 61.0 Å². The van der Waals surface area contributed by atoms with E-state index in [9.17, 15) is 28.2 Å². The van der Waals surface area contributed by atoms with Gasteiger partial charge in [0.05, 0.1) is 42.7 Å². The molecule has 2 aliphatic carbocycles. The first-order valence-electron chi connectivity index (χ1n) is 17.4. The maximum atomic E-state index is 14.4. The van der Waals surface area contributed by atoms with Crippen molar-refractivity contribution in [1.82, 2.24) is 20.3 Å². The van der Waals surface area contributed by atoms with E-state index >= 15 is 0 Å². The zero-order valence-electron chi connectivity index (χ0n) is 29.3. The van der Waals surface area contributed by atoms with E-state index in [4.69, 9.17) is 26.1 Å². The standard InChI is InChI=1S/C39H42ClF3N4O5/c1-21(38(49)50)10-14-32-37(52-3)47-33(35(45-32)39(41,42)43)18-23-11-13-28-26(23)6-4-7-27(28)29-8-5-9-30(34(29)40)31-15-12-24(36(46-31)51-2)20-44-19-22-16-25(48)17-22/h4-9,12,15,21-23,25,44,48H,10-11,13-14,16-20H2,1-3H3,(H,49,50)/t21-,22?,23-,25?/m1/s1. The summed E-state index contributed by atoms with van der Waals surface area (Å²) in [6.45, 7) is 2.88. The van der Waals surface area contributed by atoms with Gasteiger partial charge >= 0.3 is 12.1 Å². The molecule has 6 rings (SSSR count). The average Bonchev–Trinajstić information content (AvgIpc) is 3.52. The Kier molecular flexibility index (Phi) is 11.4. The molecule has 3 N–H and O–H groups in total. The second kappa shape index (κ2) is 15.8. The van der Waals surface area contributed by atoms with Crippen molar-refractivity contribution >= 4 is 17.6 Å². The van der Waals surface area contributed by atoms with E-state index in [0.29, 0.717) is 41.9 Å². The maximum Gasteiger partial charge on any atom is 0.435 e. The summed E-state index contributed by atoms with van der Waals surface area (Å²) >= 11 is 7.11. The molecule has 0 amide bonds. The lowest BCUT2D eigenvalue weighted by Gasteiger charge is -2.31. The monoisotopic (exact) mass is 738 g/mol. The van der Waals surface area contributed by atoms with Gasteiger partial charge in [-0.05, 0) is 86.1 Å². The van der Waals surface area contributed by atoms with Gasteiger partial charge in [-0.15, -0.1) is 0 Å². The number of halogens is 4. The Bertz CT molecular complexity index is 1940. The number of carboxylic acid groups (broad SMARTS) is 1. The summed E-state index contributed by atoms with van der Waals surface area (Å²) in [7, 11) is 2.90. The Balaban J connectivity index is 1.25. The molecular weight excluding hydrogens is 697 g/mol. The minimum absolute atomic E-state index is 0.00175. The highest BCUT2D eigenvalue weighted by Crippen LogP contribution is 2.45. The Labute approximate surface area is 305 Å². The number of aliphatic hydroxyl groups is 1. The Morgan fingerprint density at radius 3 is 2.38 bits per heavy atom. The van der Waals surface area contributed by atoms with Crippen molar-refractivity contribution in [2.75, 3.05) is 20.8 Å². The molecule has 2 aromatic heterocycles. The Hall–Kier alpha value is -4.26. The summed E-state index contributed by atoms with van der Waals surface area (Å²) in [5.74, 6) is -1.12. The van der Waals surface area contributed by atoms with Gasteiger partial charge in [0.15, 0.2) is 5.69 Å². The summed E-state index contributed by atoms with van der Waals surface area (Å²) in [4.78, 5) is 24.3. The molecule has 1 saturated carbocycles.